The first-order valence-electron chi connectivity index (χ1n) is 8.36. The fraction of sp³-hybridized carbons (Fsp3) is 0.0455. The first kappa shape index (κ1) is 17.2. The quantitative estimate of drug-likeness (QED) is 0.450. The number of nitrogens with zero attached hydrogens (tertiary/aromatic N) is 2. The molecule has 0 radical (unpaired) electrons. The average Bonchev–Trinajstić information content (AvgIpc) is 2.72. The minimum atomic E-state index is -0.364. The second kappa shape index (κ2) is 7.17. The molecular formula is C22H15ClN2O2. The van der Waals surface area contributed by atoms with E-state index in [0.29, 0.717) is 10.6 Å². The van der Waals surface area contributed by atoms with Gasteiger partial charge in [0, 0.05) is 27.7 Å². The molecule has 0 N–H and O–H groups in total. The summed E-state index contributed by atoms with van der Waals surface area (Å²) in [6, 6.07) is 20.6. The summed E-state index contributed by atoms with van der Waals surface area (Å²) >= 11 is 6.17. The smallest absolute Gasteiger partial charge is 0.337 e. The molecule has 0 atom stereocenters. The van der Waals surface area contributed by atoms with Gasteiger partial charge in [0.2, 0.25) is 0 Å². The molecule has 0 spiro atoms. The Balaban J connectivity index is 1.88. The Morgan fingerprint density at radius 1 is 0.963 bits per heavy atom. The zero-order valence-corrected chi connectivity index (χ0v) is 15.3. The van der Waals surface area contributed by atoms with Crippen molar-refractivity contribution in [2.45, 2.75) is 0 Å². The molecule has 2 aromatic carbocycles. The Kier molecular flexibility index (Phi) is 4.57. The predicted octanol–water partition coefficient (Wildman–Crippen LogP) is 5.40. The number of carbonyl (C=O) groups is 1. The lowest BCUT2D eigenvalue weighted by Gasteiger charge is -2.10. The maximum atomic E-state index is 11.6. The van der Waals surface area contributed by atoms with Crippen LogP contribution in [0.5, 0.6) is 0 Å². The van der Waals surface area contributed by atoms with Gasteiger partial charge in [-0.1, -0.05) is 41.9 Å². The van der Waals surface area contributed by atoms with Gasteiger partial charge in [0.25, 0.3) is 0 Å². The van der Waals surface area contributed by atoms with E-state index in [2.05, 4.69) is 4.98 Å². The van der Waals surface area contributed by atoms with Gasteiger partial charge in [-0.3, -0.25) is 4.98 Å². The third-order valence-electron chi connectivity index (χ3n) is 4.29. The molecule has 2 heterocycles. The molecule has 4 nitrogen and oxygen atoms in total. The van der Waals surface area contributed by atoms with E-state index < -0.39 is 0 Å². The minimum Gasteiger partial charge on any atom is -0.465 e. The van der Waals surface area contributed by atoms with Gasteiger partial charge in [-0.05, 0) is 36.4 Å². The summed E-state index contributed by atoms with van der Waals surface area (Å²) in [5.41, 5.74) is 4.67. The van der Waals surface area contributed by atoms with E-state index in [4.69, 9.17) is 21.3 Å². The van der Waals surface area contributed by atoms with Crippen LogP contribution in [0, 0.1) is 0 Å². The number of halogens is 1. The molecule has 4 aromatic rings. The number of carbonyl (C=O) groups excluding carboxylic acids is 1. The van der Waals surface area contributed by atoms with E-state index >= 15 is 0 Å². The Labute approximate surface area is 161 Å². The third-order valence-corrected chi connectivity index (χ3v) is 4.52. The molecule has 27 heavy (non-hydrogen) atoms. The van der Waals surface area contributed by atoms with Crippen LogP contribution in [-0.4, -0.2) is 23.0 Å². The zero-order chi connectivity index (χ0) is 18.8. The SMILES string of the molecule is COC(=O)c1ccc(-c2cc3cccnc3c(-c3cccc(Cl)c3)n2)cc1. The fourth-order valence-corrected chi connectivity index (χ4v) is 3.16. The lowest BCUT2D eigenvalue weighted by Crippen LogP contribution is -2.00. The Bertz CT molecular complexity index is 1140. The number of pyridine rings is 2. The molecule has 0 fully saturated rings. The van der Waals surface area contributed by atoms with Crippen molar-refractivity contribution < 1.29 is 9.53 Å². The third kappa shape index (κ3) is 3.39. The first-order valence-corrected chi connectivity index (χ1v) is 8.74. The number of aromatic nitrogens is 2. The summed E-state index contributed by atoms with van der Waals surface area (Å²) in [5.74, 6) is -0.364. The molecule has 2 aromatic heterocycles. The van der Waals surface area contributed by atoms with Crippen LogP contribution in [0.25, 0.3) is 33.4 Å². The van der Waals surface area contributed by atoms with E-state index in [1.807, 2.05) is 54.6 Å². The Morgan fingerprint density at radius 3 is 2.52 bits per heavy atom. The van der Waals surface area contributed by atoms with Gasteiger partial charge >= 0.3 is 5.97 Å². The van der Waals surface area contributed by atoms with Crippen LogP contribution < -0.4 is 0 Å². The van der Waals surface area contributed by atoms with Gasteiger partial charge in [0.05, 0.1) is 29.6 Å². The molecule has 0 saturated carbocycles. The molecule has 0 aliphatic rings. The lowest BCUT2D eigenvalue weighted by atomic mass is 10.0. The van der Waals surface area contributed by atoms with Gasteiger partial charge in [0.1, 0.15) is 0 Å². The second-order valence-electron chi connectivity index (χ2n) is 6.01. The van der Waals surface area contributed by atoms with Crippen molar-refractivity contribution in [3.05, 3.63) is 83.5 Å². The lowest BCUT2D eigenvalue weighted by molar-refractivity contribution is 0.0601. The highest BCUT2D eigenvalue weighted by Crippen LogP contribution is 2.31. The van der Waals surface area contributed by atoms with Crippen LogP contribution >= 0.6 is 11.6 Å². The van der Waals surface area contributed by atoms with Crippen LogP contribution in [0.15, 0.2) is 72.9 Å². The van der Waals surface area contributed by atoms with Crippen molar-refractivity contribution in [3.63, 3.8) is 0 Å². The van der Waals surface area contributed by atoms with Crippen LogP contribution in [0.2, 0.25) is 5.02 Å². The van der Waals surface area contributed by atoms with Gasteiger partial charge in [-0.15, -0.1) is 0 Å². The van der Waals surface area contributed by atoms with Crippen LogP contribution in [0.3, 0.4) is 0 Å². The van der Waals surface area contributed by atoms with E-state index in [1.165, 1.54) is 7.11 Å². The summed E-state index contributed by atoms with van der Waals surface area (Å²) in [6.07, 6.45) is 1.75. The molecule has 5 heteroatoms. The predicted molar refractivity (Wildman–Crippen MR) is 107 cm³/mol. The number of ether oxygens (including phenoxy) is 1. The molecule has 0 saturated heterocycles. The second-order valence-corrected chi connectivity index (χ2v) is 6.45. The maximum absolute atomic E-state index is 11.6. The number of methoxy groups -OCH3 is 1. The van der Waals surface area contributed by atoms with Crippen LogP contribution in [0.4, 0.5) is 0 Å². The van der Waals surface area contributed by atoms with Gasteiger partial charge in [-0.2, -0.15) is 0 Å². The van der Waals surface area contributed by atoms with Crippen molar-refractivity contribution >= 4 is 28.5 Å². The number of fused-ring (bicyclic) bond motifs is 1. The largest absolute Gasteiger partial charge is 0.465 e. The molecule has 132 valence electrons. The molecule has 0 amide bonds. The summed E-state index contributed by atoms with van der Waals surface area (Å²) < 4.78 is 4.75. The van der Waals surface area contributed by atoms with Gasteiger partial charge in [0.15, 0.2) is 0 Å². The topological polar surface area (TPSA) is 52.1 Å². The zero-order valence-electron chi connectivity index (χ0n) is 14.5. The van der Waals surface area contributed by atoms with E-state index in [1.54, 1.807) is 18.3 Å². The summed E-state index contributed by atoms with van der Waals surface area (Å²) in [6.45, 7) is 0. The minimum absolute atomic E-state index is 0.364. The maximum Gasteiger partial charge on any atom is 0.337 e. The normalized spacial score (nSPS) is 10.7. The number of hydrogen-bond acceptors (Lipinski definition) is 4. The van der Waals surface area contributed by atoms with Crippen LogP contribution in [-0.2, 0) is 4.74 Å². The van der Waals surface area contributed by atoms with Crippen molar-refractivity contribution in [1.29, 1.82) is 0 Å². The number of esters is 1. The van der Waals surface area contributed by atoms with Crippen molar-refractivity contribution in [1.82, 2.24) is 9.97 Å². The molecule has 0 aliphatic heterocycles. The van der Waals surface area contributed by atoms with Crippen molar-refractivity contribution in [3.8, 4) is 22.5 Å². The molecule has 0 bridgehead atoms. The fourth-order valence-electron chi connectivity index (χ4n) is 2.96. The Morgan fingerprint density at radius 2 is 1.78 bits per heavy atom. The molecule has 4 rings (SSSR count). The molecular weight excluding hydrogens is 360 g/mol. The highest BCUT2D eigenvalue weighted by atomic mass is 35.5. The monoisotopic (exact) mass is 374 g/mol. The van der Waals surface area contributed by atoms with Gasteiger partial charge < -0.3 is 4.74 Å². The summed E-state index contributed by atoms with van der Waals surface area (Å²) in [7, 11) is 1.37. The summed E-state index contributed by atoms with van der Waals surface area (Å²) in [4.78, 5) is 21.0. The highest BCUT2D eigenvalue weighted by molar-refractivity contribution is 6.30. The molecule has 0 unspecified atom stereocenters. The molecule has 0 aliphatic carbocycles. The first-order chi connectivity index (χ1) is 13.2. The van der Waals surface area contributed by atoms with Gasteiger partial charge in [-0.25, -0.2) is 9.78 Å². The highest BCUT2D eigenvalue weighted by Gasteiger charge is 2.12. The number of benzene rings is 2. The number of rotatable bonds is 3. The Hall–Kier alpha value is -3.24. The van der Waals surface area contributed by atoms with Crippen LogP contribution in [0.1, 0.15) is 10.4 Å². The van der Waals surface area contributed by atoms with Crippen molar-refractivity contribution in [2.24, 2.45) is 0 Å². The average molecular weight is 375 g/mol. The standard InChI is InChI=1S/C22H15ClN2O2/c1-27-22(26)15-9-7-14(8-10-15)19-13-17-5-3-11-24-20(17)21(25-19)16-4-2-6-18(23)12-16/h2-13H,1H3. The number of hydrogen-bond donors (Lipinski definition) is 0. The summed E-state index contributed by atoms with van der Waals surface area (Å²) in [5, 5.41) is 1.63. The van der Waals surface area contributed by atoms with E-state index in [-0.39, 0.29) is 5.97 Å². The van der Waals surface area contributed by atoms with E-state index in [0.717, 1.165) is 33.4 Å². The van der Waals surface area contributed by atoms with Crippen molar-refractivity contribution in [2.75, 3.05) is 7.11 Å². The van der Waals surface area contributed by atoms with E-state index in [9.17, 15) is 4.79 Å².